The third-order valence-corrected chi connectivity index (χ3v) is 6.84. The molecule has 0 radical (unpaired) electrons. The Morgan fingerprint density at radius 1 is 0.882 bits per heavy atom. The van der Waals surface area contributed by atoms with Crippen LogP contribution in [0.25, 0.3) is 0 Å². The Morgan fingerprint density at radius 2 is 1.41 bits per heavy atom. The lowest BCUT2D eigenvalue weighted by Gasteiger charge is -2.30. The third kappa shape index (κ3) is 11.8. The van der Waals surface area contributed by atoms with Crippen molar-refractivity contribution in [2.24, 2.45) is 11.8 Å². The zero-order valence-corrected chi connectivity index (χ0v) is 22.1. The summed E-state index contributed by atoms with van der Waals surface area (Å²) in [5.41, 5.74) is 0.422. The number of nitro groups is 1. The number of rotatable bonds is 19. The molecule has 0 fully saturated rings. The van der Waals surface area contributed by atoms with Crippen molar-refractivity contribution in [3.05, 3.63) is 39.9 Å². The summed E-state index contributed by atoms with van der Waals surface area (Å²) in [6, 6.07) is 6.47. The molecule has 0 aliphatic rings. The van der Waals surface area contributed by atoms with Crippen molar-refractivity contribution in [2.45, 2.75) is 111 Å². The number of nitro benzene ring substituents is 1. The molecule has 6 nitrogen and oxygen atoms in total. The van der Waals surface area contributed by atoms with Crippen LogP contribution < -0.4 is 0 Å². The number of carbonyl (C=O) groups is 1. The highest BCUT2D eigenvalue weighted by atomic mass is 16.6. The third-order valence-electron chi connectivity index (χ3n) is 6.84. The number of hydrogen-bond acceptors (Lipinski definition) is 4. The topological polar surface area (TPSA) is 72.7 Å². The first kappa shape index (κ1) is 29.9. The molecule has 0 saturated carbocycles. The van der Waals surface area contributed by atoms with Crippen LogP contribution >= 0.6 is 0 Å². The Morgan fingerprint density at radius 3 is 1.88 bits per heavy atom. The monoisotopic (exact) mass is 476 g/mol. The summed E-state index contributed by atoms with van der Waals surface area (Å²) in [4.78, 5) is 26.0. The largest absolute Gasteiger partial charge is 0.444 e. The molecule has 0 bridgehead atoms. The van der Waals surface area contributed by atoms with Gasteiger partial charge in [0, 0.05) is 19.2 Å². The lowest BCUT2D eigenvalue weighted by atomic mass is 9.95. The van der Waals surface area contributed by atoms with Gasteiger partial charge in [-0.3, -0.25) is 10.1 Å². The number of hydrogen-bond donors (Lipinski definition) is 0. The molecular weight excluding hydrogens is 428 g/mol. The van der Waals surface area contributed by atoms with Gasteiger partial charge in [-0.05, 0) is 30.7 Å². The molecule has 0 aliphatic heterocycles. The number of nitrogens with zero attached hydrogens (tertiary/aromatic N) is 2. The molecule has 2 atom stereocenters. The molecule has 0 spiro atoms. The van der Waals surface area contributed by atoms with E-state index in [2.05, 4.69) is 27.7 Å². The number of para-hydroxylation sites is 1. The van der Waals surface area contributed by atoms with Crippen LogP contribution in [-0.4, -0.2) is 29.0 Å². The van der Waals surface area contributed by atoms with E-state index in [4.69, 9.17) is 4.74 Å². The van der Waals surface area contributed by atoms with Crippen LogP contribution in [0.5, 0.6) is 0 Å². The SMILES string of the molecule is CCCCCCC(CC)CN(CC(CC)CCCCCC)C(=O)OCc1ccccc1[N+](=O)[O-]. The predicted octanol–water partition coefficient (Wildman–Crippen LogP) is 8.53. The minimum atomic E-state index is -0.423. The van der Waals surface area contributed by atoms with Gasteiger partial charge in [-0.25, -0.2) is 4.79 Å². The Labute approximate surface area is 207 Å². The van der Waals surface area contributed by atoms with Crippen molar-refractivity contribution in [1.82, 2.24) is 4.90 Å². The van der Waals surface area contributed by atoms with E-state index in [9.17, 15) is 14.9 Å². The molecule has 6 heteroatoms. The Hall–Kier alpha value is -2.11. The first-order chi connectivity index (χ1) is 16.5. The van der Waals surface area contributed by atoms with E-state index in [1.807, 2.05) is 4.90 Å². The molecule has 0 N–H and O–H groups in total. The lowest BCUT2D eigenvalue weighted by molar-refractivity contribution is -0.385. The summed E-state index contributed by atoms with van der Waals surface area (Å²) < 4.78 is 5.64. The van der Waals surface area contributed by atoms with E-state index in [1.54, 1.807) is 18.2 Å². The highest BCUT2D eigenvalue weighted by molar-refractivity contribution is 5.67. The molecule has 1 aromatic carbocycles. The van der Waals surface area contributed by atoms with E-state index >= 15 is 0 Å². The van der Waals surface area contributed by atoms with Gasteiger partial charge < -0.3 is 9.64 Å². The highest BCUT2D eigenvalue weighted by Gasteiger charge is 2.23. The van der Waals surface area contributed by atoms with Crippen LogP contribution in [0.15, 0.2) is 24.3 Å². The summed E-state index contributed by atoms with van der Waals surface area (Å²) >= 11 is 0. The molecule has 1 rings (SSSR count). The zero-order chi connectivity index (χ0) is 25.2. The van der Waals surface area contributed by atoms with Crippen LogP contribution in [0.4, 0.5) is 10.5 Å². The average molecular weight is 477 g/mol. The zero-order valence-electron chi connectivity index (χ0n) is 22.1. The first-order valence-electron chi connectivity index (χ1n) is 13.6. The van der Waals surface area contributed by atoms with Gasteiger partial charge >= 0.3 is 6.09 Å². The minimum absolute atomic E-state index is 0.00781. The molecular formula is C28H48N2O4. The summed E-state index contributed by atoms with van der Waals surface area (Å²) in [5, 5.41) is 11.3. The van der Waals surface area contributed by atoms with Crippen LogP contribution in [-0.2, 0) is 11.3 Å². The fraction of sp³-hybridized carbons (Fsp3) is 0.750. The van der Waals surface area contributed by atoms with Gasteiger partial charge in [-0.1, -0.05) is 104 Å². The fourth-order valence-corrected chi connectivity index (χ4v) is 4.46. The van der Waals surface area contributed by atoms with Crippen LogP contribution in [0, 0.1) is 22.0 Å². The Bertz CT molecular complexity index is 673. The fourth-order valence-electron chi connectivity index (χ4n) is 4.46. The summed E-state index contributed by atoms with van der Waals surface area (Å²) in [6.07, 6.45) is 13.8. The Kier molecular flexibility index (Phi) is 16.1. The normalized spacial score (nSPS) is 12.8. The lowest BCUT2D eigenvalue weighted by Crippen LogP contribution is -2.39. The van der Waals surface area contributed by atoms with Crippen LogP contribution in [0.1, 0.15) is 110 Å². The molecule has 0 saturated heterocycles. The number of benzene rings is 1. The maximum absolute atomic E-state index is 13.2. The number of ether oxygens (including phenoxy) is 1. The summed E-state index contributed by atoms with van der Waals surface area (Å²) in [6.45, 7) is 10.2. The smallest absolute Gasteiger partial charge is 0.410 e. The second-order valence-corrected chi connectivity index (χ2v) is 9.59. The predicted molar refractivity (Wildman–Crippen MR) is 140 cm³/mol. The van der Waals surface area contributed by atoms with E-state index < -0.39 is 4.92 Å². The van der Waals surface area contributed by atoms with Gasteiger partial charge in [0.15, 0.2) is 0 Å². The second kappa shape index (κ2) is 18.2. The first-order valence-corrected chi connectivity index (χ1v) is 13.6. The molecule has 34 heavy (non-hydrogen) atoms. The number of amides is 1. The van der Waals surface area contributed by atoms with Crippen LogP contribution in [0.3, 0.4) is 0 Å². The van der Waals surface area contributed by atoms with Gasteiger partial charge in [0.25, 0.3) is 5.69 Å². The van der Waals surface area contributed by atoms with Gasteiger partial charge in [0.2, 0.25) is 0 Å². The van der Waals surface area contributed by atoms with Crippen molar-refractivity contribution in [1.29, 1.82) is 0 Å². The van der Waals surface area contributed by atoms with Gasteiger partial charge in [0.1, 0.15) is 6.61 Å². The molecule has 0 heterocycles. The quantitative estimate of drug-likeness (QED) is 0.114. The van der Waals surface area contributed by atoms with E-state index in [-0.39, 0.29) is 18.4 Å². The second-order valence-electron chi connectivity index (χ2n) is 9.59. The molecule has 2 unspecified atom stereocenters. The number of carbonyl (C=O) groups excluding carboxylic acids is 1. The summed E-state index contributed by atoms with van der Waals surface area (Å²) in [7, 11) is 0. The highest BCUT2D eigenvalue weighted by Crippen LogP contribution is 2.22. The molecule has 0 aromatic heterocycles. The summed E-state index contributed by atoms with van der Waals surface area (Å²) in [5.74, 6) is 0.904. The maximum Gasteiger partial charge on any atom is 0.410 e. The van der Waals surface area contributed by atoms with Crippen molar-refractivity contribution in [2.75, 3.05) is 13.1 Å². The van der Waals surface area contributed by atoms with Crippen molar-refractivity contribution < 1.29 is 14.5 Å². The standard InChI is InChI=1S/C28H48N2O4/c1-5-9-11-13-17-24(7-3)21-29(22-25(8-4)18-14-12-10-6-2)28(31)34-23-26-19-15-16-20-27(26)30(32)33/h15-16,19-20,24-25H,5-14,17-18,21-23H2,1-4H3. The van der Waals surface area contributed by atoms with Crippen molar-refractivity contribution in [3.63, 3.8) is 0 Å². The van der Waals surface area contributed by atoms with E-state index in [0.717, 1.165) is 25.7 Å². The molecule has 1 amide bonds. The van der Waals surface area contributed by atoms with Gasteiger partial charge in [-0.2, -0.15) is 0 Å². The maximum atomic E-state index is 13.2. The van der Waals surface area contributed by atoms with Gasteiger partial charge in [0.05, 0.1) is 10.5 Å². The van der Waals surface area contributed by atoms with E-state index in [1.165, 1.54) is 57.4 Å². The Balaban J connectivity index is 2.84. The van der Waals surface area contributed by atoms with Gasteiger partial charge in [-0.15, -0.1) is 0 Å². The number of unbranched alkanes of at least 4 members (excludes halogenated alkanes) is 6. The van der Waals surface area contributed by atoms with Crippen molar-refractivity contribution >= 4 is 11.8 Å². The molecule has 1 aromatic rings. The molecule has 0 aliphatic carbocycles. The molecule has 194 valence electrons. The minimum Gasteiger partial charge on any atom is -0.444 e. The average Bonchev–Trinajstić information content (AvgIpc) is 2.85. The van der Waals surface area contributed by atoms with Crippen LogP contribution in [0.2, 0.25) is 0 Å². The van der Waals surface area contributed by atoms with E-state index in [0.29, 0.717) is 30.5 Å². The van der Waals surface area contributed by atoms with Crippen molar-refractivity contribution in [3.8, 4) is 0 Å².